The Morgan fingerprint density at radius 2 is 2.08 bits per heavy atom. The van der Waals surface area contributed by atoms with E-state index in [1.54, 1.807) is 11.8 Å². The van der Waals surface area contributed by atoms with Gasteiger partial charge in [-0.15, -0.1) is 11.8 Å². The van der Waals surface area contributed by atoms with Crippen LogP contribution >= 0.6 is 11.8 Å². The number of ketones is 1. The molecular weight excluding hydrogens is 334 g/mol. The molecule has 1 amide bonds. The first-order valence-corrected chi connectivity index (χ1v) is 10.2. The molecule has 0 aromatic heterocycles. The van der Waals surface area contributed by atoms with Crippen LogP contribution in [0.25, 0.3) is 0 Å². The van der Waals surface area contributed by atoms with Gasteiger partial charge in [-0.3, -0.25) is 9.59 Å². The van der Waals surface area contributed by atoms with E-state index in [4.69, 9.17) is 4.74 Å². The van der Waals surface area contributed by atoms with Crippen molar-refractivity contribution in [2.24, 2.45) is 5.92 Å². The number of benzene rings is 1. The van der Waals surface area contributed by atoms with Crippen LogP contribution < -0.4 is 0 Å². The molecule has 0 spiro atoms. The Bertz CT molecular complexity index is 604. The summed E-state index contributed by atoms with van der Waals surface area (Å²) in [5.74, 6) is 1.10. The molecule has 3 atom stereocenters. The van der Waals surface area contributed by atoms with Crippen molar-refractivity contribution < 1.29 is 14.3 Å². The molecule has 2 heterocycles. The van der Waals surface area contributed by atoms with Gasteiger partial charge in [-0.05, 0) is 30.7 Å². The van der Waals surface area contributed by atoms with Gasteiger partial charge >= 0.3 is 0 Å². The minimum atomic E-state index is -0.475. The average molecular weight is 362 g/mol. The maximum Gasteiger partial charge on any atom is 0.252 e. The van der Waals surface area contributed by atoms with E-state index in [0.29, 0.717) is 31.2 Å². The number of rotatable bonds is 6. The molecule has 136 valence electrons. The maximum absolute atomic E-state index is 13.2. The van der Waals surface area contributed by atoms with Gasteiger partial charge in [0.2, 0.25) is 0 Å². The van der Waals surface area contributed by atoms with Gasteiger partial charge in [0.15, 0.2) is 5.78 Å². The van der Waals surface area contributed by atoms with E-state index >= 15 is 0 Å². The predicted octanol–water partition coefficient (Wildman–Crippen LogP) is 3.29. The molecule has 2 unspecified atom stereocenters. The van der Waals surface area contributed by atoms with E-state index in [1.165, 1.54) is 0 Å². The molecule has 5 heteroatoms. The molecule has 0 aliphatic carbocycles. The molecule has 0 saturated carbocycles. The molecule has 3 rings (SSSR count). The molecule has 2 aliphatic rings. The lowest BCUT2D eigenvalue weighted by Gasteiger charge is -2.38. The van der Waals surface area contributed by atoms with Crippen molar-refractivity contribution in [3.8, 4) is 0 Å². The highest BCUT2D eigenvalue weighted by Crippen LogP contribution is 2.35. The smallest absolute Gasteiger partial charge is 0.252 e. The lowest BCUT2D eigenvalue weighted by molar-refractivity contribution is -0.152. The molecule has 4 nitrogen and oxygen atoms in total. The SMILES string of the molecule is CC(C)C[C@H](OCc1ccccc1)C(=O)N1CCCC2SCC(=O)C21. The molecular formula is C20H27NO3S. The second-order valence-electron chi connectivity index (χ2n) is 7.35. The minimum absolute atomic E-state index is 0.00446. The summed E-state index contributed by atoms with van der Waals surface area (Å²) in [5.41, 5.74) is 1.06. The topological polar surface area (TPSA) is 46.6 Å². The largest absolute Gasteiger partial charge is 0.364 e. The van der Waals surface area contributed by atoms with E-state index in [2.05, 4.69) is 13.8 Å². The highest BCUT2D eigenvalue weighted by molar-refractivity contribution is 8.01. The number of fused-ring (bicyclic) bond motifs is 1. The Balaban J connectivity index is 1.70. The third-order valence-electron chi connectivity index (χ3n) is 4.88. The number of thioether (sulfide) groups is 1. The summed E-state index contributed by atoms with van der Waals surface area (Å²) >= 11 is 1.71. The van der Waals surface area contributed by atoms with Gasteiger partial charge in [0, 0.05) is 11.8 Å². The fraction of sp³-hybridized carbons (Fsp3) is 0.600. The van der Waals surface area contributed by atoms with Crippen LogP contribution in [0.15, 0.2) is 30.3 Å². The standard InChI is InChI=1S/C20H27NO3S/c1-14(2)11-17(24-12-15-7-4-3-5-8-15)20(23)21-10-6-9-18-19(21)16(22)13-25-18/h3-5,7-8,14,17-19H,6,9-13H2,1-2H3/t17-,18?,19?/m0/s1. The van der Waals surface area contributed by atoms with E-state index in [9.17, 15) is 9.59 Å². The average Bonchev–Trinajstić information content (AvgIpc) is 3.00. The van der Waals surface area contributed by atoms with Crippen molar-refractivity contribution >= 4 is 23.5 Å². The summed E-state index contributed by atoms with van der Waals surface area (Å²) in [5, 5.41) is 0.277. The number of likely N-dealkylation sites (tertiary alicyclic amines) is 1. The number of carbonyl (C=O) groups is 2. The van der Waals surface area contributed by atoms with Crippen molar-refractivity contribution in [3.63, 3.8) is 0 Å². The molecule has 2 aliphatic heterocycles. The molecule has 2 fully saturated rings. The molecule has 1 aromatic carbocycles. The third kappa shape index (κ3) is 4.45. The predicted molar refractivity (Wildman–Crippen MR) is 100 cm³/mol. The summed E-state index contributed by atoms with van der Waals surface area (Å²) in [6, 6.07) is 9.69. The molecule has 0 N–H and O–H groups in total. The van der Waals surface area contributed by atoms with Gasteiger partial charge in [0.05, 0.1) is 12.4 Å². The zero-order valence-electron chi connectivity index (χ0n) is 15.0. The van der Waals surface area contributed by atoms with E-state index in [-0.39, 0.29) is 23.0 Å². The summed E-state index contributed by atoms with van der Waals surface area (Å²) in [6.45, 7) is 5.30. The van der Waals surface area contributed by atoms with Crippen LogP contribution in [0.1, 0.15) is 38.7 Å². The van der Waals surface area contributed by atoms with Crippen LogP contribution in [0.2, 0.25) is 0 Å². The highest BCUT2D eigenvalue weighted by atomic mass is 32.2. The fourth-order valence-electron chi connectivity index (χ4n) is 3.66. The monoisotopic (exact) mass is 361 g/mol. The van der Waals surface area contributed by atoms with Gasteiger partial charge in [0.25, 0.3) is 5.91 Å². The van der Waals surface area contributed by atoms with Crippen molar-refractivity contribution in [2.45, 2.75) is 57.1 Å². The third-order valence-corrected chi connectivity index (χ3v) is 6.26. The van der Waals surface area contributed by atoms with Crippen LogP contribution in [0.3, 0.4) is 0 Å². The lowest BCUT2D eigenvalue weighted by atomic mass is 9.96. The van der Waals surface area contributed by atoms with Crippen LogP contribution in [0.5, 0.6) is 0 Å². The second-order valence-corrected chi connectivity index (χ2v) is 8.58. The van der Waals surface area contributed by atoms with E-state index < -0.39 is 6.10 Å². The van der Waals surface area contributed by atoms with Gasteiger partial charge in [-0.1, -0.05) is 44.2 Å². The number of carbonyl (C=O) groups excluding carboxylic acids is 2. The first kappa shape index (κ1) is 18.5. The first-order valence-electron chi connectivity index (χ1n) is 9.16. The van der Waals surface area contributed by atoms with Crippen molar-refractivity contribution in [1.29, 1.82) is 0 Å². The number of piperidine rings is 1. The van der Waals surface area contributed by atoms with Gasteiger partial charge in [-0.25, -0.2) is 0 Å². The van der Waals surface area contributed by atoms with Crippen LogP contribution in [0, 0.1) is 5.92 Å². The first-order chi connectivity index (χ1) is 12.1. The number of ether oxygens (including phenoxy) is 1. The zero-order chi connectivity index (χ0) is 17.8. The molecule has 25 heavy (non-hydrogen) atoms. The van der Waals surface area contributed by atoms with Crippen molar-refractivity contribution in [2.75, 3.05) is 12.3 Å². The van der Waals surface area contributed by atoms with Crippen LogP contribution in [-0.2, 0) is 20.9 Å². The van der Waals surface area contributed by atoms with E-state index in [0.717, 1.165) is 18.4 Å². The number of amides is 1. The molecule has 1 aromatic rings. The summed E-state index contributed by atoms with van der Waals surface area (Å²) < 4.78 is 6.03. The van der Waals surface area contributed by atoms with Crippen LogP contribution in [0.4, 0.5) is 0 Å². The summed E-state index contributed by atoms with van der Waals surface area (Å²) in [7, 11) is 0. The van der Waals surface area contributed by atoms with E-state index in [1.807, 2.05) is 35.2 Å². The van der Waals surface area contributed by atoms with Crippen molar-refractivity contribution in [3.05, 3.63) is 35.9 Å². The van der Waals surface area contributed by atoms with Crippen molar-refractivity contribution in [1.82, 2.24) is 4.90 Å². The second kappa shape index (κ2) is 8.37. The normalized spacial score (nSPS) is 24.4. The Morgan fingerprint density at radius 3 is 2.80 bits per heavy atom. The Labute approximate surface area is 154 Å². The molecule has 0 radical (unpaired) electrons. The minimum Gasteiger partial charge on any atom is -0.364 e. The quantitative estimate of drug-likeness (QED) is 0.780. The van der Waals surface area contributed by atoms with Crippen LogP contribution in [-0.4, -0.2) is 46.3 Å². The summed E-state index contributed by atoms with van der Waals surface area (Å²) in [6.07, 6.45) is 2.21. The Hall–Kier alpha value is -1.33. The maximum atomic E-state index is 13.2. The summed E-state index contributed by atoms with van der Waals surface area (Å²) in [4.78, 5) is 27.3. The van der Waals surface area contributed by atoms with Gasteiger partial charge in [-0.2, -0.15) is 0 Å². The Morgan fingerprint density at radius 1 is 1.32 bits per heavy atom. The highest BCUT2D eigenvalue weighted by Gasteiger charge is 2.45. The zero-order valence-corrected chi connectivity index (χ0v) is 15.8. The molecule has 2 saturated heterocycles. The number of nitrogens with zero attached hydrogens (tertiary/aromatic N) is 1. The van der Waals surface area contributed by atoms with Gasteiger partial charge in [0.1, 0.15) is 12.1 Å². The molecule has 0 bridgehead atoms. The van der Waals surface area contributed by atoms with Gasteiger partial charge < -0.3 is 9.64 Å². The number of Topliss-reactive ketones (excluding diaryl/α,β-unsaturated/α-hetero) is 1. The Kier molecular flexibility index (Phi) is 6.18. The lowest BCUT2D eigenvalue weighted by Crippen LogP contribution is -2.54. The fourth-order valence-corrected chi connectivity index (χ4v) is 5.03. The number of hydrogen-bond acceptors (Lipinski definition) is 4. The number of hydrogen-bond donors (Lipinski definition) is 0.